The second kappa shape index (κ2) is 14.6. The molecule has 2 aromatic carbocycles. The lowest BCUT2D eigenvalue weighted by molar-refractivity contribution is 0.0517. The Morgan fingerprint density at radius 1 is 0.825 bits per heavy atom. The number of hydrogen-bond donors (Lipinski definition) is 1. The number of carbonyl (C=O) groups excluding carboxylic acids is 2. The average molecular weight is 565 g/mol. The Labute approximate surface area is 240 Å². The van der Waals surface area contributed by atoms with Gasteiger partial charge >= 0.3 is 11.9 Å². The normalized spacial score (nSPS) is 10.8. The van der Waals surface area contributed by atoms with Gasteiger partial charge in [0.05, 0.1) is 40.4 Å². The molecule has 4 aromatic rings. The Kier molecular flexibility index (Phi) is 11.2. The Hall–Kier alpha value is -3.75. The maximum absolute atomic E-state index is 11.9. The molecule has 1 N–H and O–H groups in total. The zero-order valence-corrected chi connectivity index (χ0v) is 24.8. The van der Waals surface area contributed by atoms with E-state index in [9.17, 15) is 9.59 Å². The molecule has 0 spiro atoms. The van der Waals surface area contributed by atoms with Crippen molar-refractivity contribution in [1.29, 1.82) is 0 Å². The summed E-state index contributed by atoms with van der Waals surface area (Å²) in [5.41, 5.74) is 5.53. The second-order valence-electron chi connectivity index (χ2n) is 9.55. The number of esters is 2. The largest absolute Gasteiger partial charge is 0.462 e. The molecule has 2 heterocycles. The van der Waals surface area contributed by atoms with Gasteiger partial charge in [0.15, 0.2) is 0 Å². The maximum Gasteiger partial charge on any atom is 0.338 e. The summed E-state index contributed by atoms with van der Waals surface area (Å²) in [4.78, 5) is 34.6. The number of benzene rings is 2. The third kappa shape index (κ3) is 8.37. The quantitative estimate of drug-likeness (QED) is 0.183. The lowest BCUT2D eigenvalue weighted by Gasteiger charge is -2.13. The van der Waals surface area contributed by atoms with Crippen molar-refractivity contribution in [1.82, 2.24) is 14.9 Å². The van der Waals surface area contributed by atoms with Gasteiger partial charge in [0.25, 0.3) is 0 Å². The van der Waals surface area contributed by atoms with Crippen LogP contribution in [0.2, 0.25) is 5.02 Å². The van der Waals surface area contributed by atoms with Crippen LogP contribution in [0.3, 0.4) is 0 Å². The van der Waals surface area contributed by atoms with E-state index in [0.717, 1.165) is 58.4 Å². The van der Waals surface area contributed by atoms with Crippen molar-refractivity contribution < 1.29 is 19.1 Å². The van der Waals surface area contributed by atoms with E-state index in [1.54, 1.807) is 37.3 Å². The number of fused-ring (bicyclic) bond motifs is 2. The highest BCUT2D eigenvalue weighted by Crippen LogP contribution is 2.26. The Balaban J connectivity index is 0.000000230. The zero-order valence-electron chi connectivity index (χ0n) is 24.0. The summed E-state index contributed by atoms with van der Waals surface area (Å²) < 4.78 is 10.0. The minimum atomic E-state index is -0.342. The summed E-state index contributed by atoms with van der Waals surface area (Å²) >= 11 is 6.12. The highest BCUT2D eigenvalue weighted by molar-refractivity contribution is 6.35. The van der Waals surface area contributed by atoms with E-state index in [4.69, 9.17) is 21.1 Å². The molecule has 4 rings (SSSR count). The van der Waals surface area contributed by atoms with Gasteiger partial charge in [-0.3, -0.25) is 9.97 Å². The van der Waals surface area contributed by atoms with Crippen molar-refractivity contribution in [3.63, 3.8) is 0 Å². The summed E-state index contributed by atoms with van der Waals surface area (Å²) in [6, 6.07) is 14.5. The van der Waals surface area contributed by atoms with Gasteiger partial charge in [0.1, 0.15) is 0 Å². The van der Waals surface area contributed by atoms with Gasteiger partial charge in [-0.2, -0.15) is 0 Å². The number of hydrogen-bond acceptors (Lipinski definition) is 8. The predicted molar refractivity (Wildman–Crippen MR) is 162 cm³/mol. The second-order valence-corrected chi connectivity index (χ2v) is 9.95. The third-order valence-corrected chi connectivity index (χ3v) is 6.26. The first-order valence-corrected chi connectivity index (χ1v) is 13.7. The fourth-order valence-corrected chi connectivity index (χ4v) is 4.42. The molecule has 9 heteroatoms. The Bertz CT molecular complexity index is 1490. The lowest BCUT2D eigenvalue weighted by Crippen LogP contribution is -2.16. The number of ether oxygens (including phenoxy) is 2. The van der Waals surface area contributed by atoms with Crippen molar-refractivity contribution >= 4 is 51.0 Å². The summed E-state index contributed by atoms with van der Waals surface area (Å²) in [6.45, 7) is 10.1. The Morgan fingerprint density at radius 3 is 1.90 bits per heavy atom. The molecular formula is C31H37ClN4O4. The summed E-state index contributed by atoms with van der Waals surface area (Å²) in [6.07, 6.45) is 1.05. The van der Waals surface area contributed by atoms with Crippen LogP contribution in [-0.2, 0) is 9.47 Å². The molecule has 212 valence electrons. The number of nitrogens with one attached hydrogen (secondary N) is 1. The number of aryl methyl sites for hydroxylation is 2. The monoisotopic (exact) mass is 564 g/mol. The molecule has 0 aliphatic carbocycles. The van der Waals surface area contributed by atoms with E-state index < -0.39 is 0 Å². The van der Waals surface area contributed by atoms with E-state index in [-0.39, 0.29) is 11.9 Å². The molecule has 0 aliphatic heterocycles. The molecule has 0 amide bonds. The summed E-state index contributed by atoms with van der Waals surface area (Å²) in [5.74, 6) is -0.639. The van der Waals surface area contributed by atoms with Gasteiger partial charge in [-0.15, -0.1) is 0 Å². The predicted octanol–water partition coefficient (Wildman–Crippen LogP) is 6.46. The molecule has 0 fully saturated rings. The Morgan fingerprint density at radius 2 is 1.35 bits per heavy atom. The maximum atomic E-state index is 11.9. The van der Waals surface area contributed by atoms with Crippen LogP contribution in [0.1, 0.15) is 52.4 Å². The number of halogens is 1. The average Bonchev–Trinajstić information content (AvgIpc) is 2.91. The van der Waals surface area contributed by atoms with Crippen LogP contribution in [0.25, 0.3) is 21.8 Å². The molecule has 0 atom stereocenters. The number of carbonyl (C=O) groups is 2. The van der Waals surface area contributed by atoms with Crippen LogP contribution < -0.4 is 5.32 Å². The number of rotatable bonds is 9. The first kappa shape index (κ1) is 30.8. The molecule has 0 unspecified atom stereocenters. The highest BCUT2D eigenvalue weighted by atomic mass is 35.5. The van der Waals surface area contributed by atoms with E-state index in [1.807, 2.05) is 39.0 Å². The van der Waals surface area contributed by atoms with Crippen LogP contribution in [0.15, 0.2) is 48.5 Å². The summed E-state index contributed by atoms with van der Waals surface area (Å²) in [5, 5.41) is 5.78. The number of pyridine rings is 2. The molecule has 0 radical (unpaired) electrons. The van der Waals surface area contributed by atoms with Gasteiger partial charge in [-0.05, 0) is 103 Å². The zero-order chi connectivity index (χ0) is 29.2. The first-order chi connectivity index (χ1) is 19.1. The minimum Gasteiger partial charge on any atom is -0.462 e. The van der Waals surface area contributed by atoms with E-state index in [2.05, 4.69) is 34.3 Å². The van der Waals surface area contributed by atoms with Crippen LogP contribution in [0.4, 0.5) is 5.69 Å². The molecule has 0 saturated carbocycles. The van der Waals surface area contributed by atoms with Crippen molar-refractivity contribution in [3.8, 4) is 0 Å². The minimum absolute atomic E-state index is 0.298. The smallest absolute Gasteiger partial charge is 0.338 e. The lowest BCUT2D eigenvalue weighted by atomic mass is 10.1. The standard InChI is InChI=1S/C18H25N3O2.C13H12ClNO2/c1-5-23-18(22)14-7-8-16-15(12-14)17(11-13(2)20-16)19-9-6-10-21(3)4;1-3-17-13(16)9-4-5-12-10(7-9)11(14)6-8(2)15-12/h7-8,11-12H,5-6,9-10H2,1-4H3,(H,19,20);4-7H,3H2,1-2H3. The SMILES string of the molecule is CCOC(=O)c1ccc2nc(C)cc(Cl)c2c1.CCOC(=O)c1ccc2nc(C)cc(NCCCN(C)C)c2c1. The van der Waals surface area contributed by atoms with Crippen LogP contribution in [0, 0.1) is 13.8 Å². The van der Waals surface area contributed by atoms with Crippen molar-refractivity contribution in [2.75, 3.05) is 45.7 Å². The highest BCUT2D eigenvalue weighted by Gasteiger charge is 2.11. The van der Waals surface area contributed by atoms with E-state index >= 15 is 0 Å². The molecule has 40 heavy (non-hydrogen) atoms. The van der Waals surface area contributed by atoms with Gasteiger partial charge in [0, 0.05) is 34.4 Å². The molecule has 0 saturated heterocycles. The van der Waals surface area contributed by atoms with Gasteiger partial charge in [0.2, 0.25) is 0 Å². The van der Waals surface area contributed by atoms with Gasteiger partial charge in [-0.1, -0.05) is 11.6 Å². The van der Waals surface area contributed by atoms with E-state index in [0.29, 0.717) is 29.4 Å². The van der Waals surface area contributed by atoms with Crippen molar-refractivity contribution in [2.24, 2.45) is 0 Å². The topological polar surface area (TPSA) is 93.7 Å². The van der Waals surface area contributed by atoms with Gasteiger partial charge < -0.3 is 19.7 Å². The fraction of sp³-hybridized carbons (Fsp3) is 0.355. The van der Waals surface area contributed by atoms with Gasteiger partial charge in [-0.25, -0.2) is 9.59 Å². The van der Waals surface area contributed by atoms with Crippen molar-refractivity contribution in [3.05, 3.63) is 76.1 Å². The molecule has 2 aromatic heterocycles. The molecule has 0 bridgehead atoms. The van der Waals surface area contributed by atoms with Crippen LogP contribution in [0.5, 0.6) is 0 Å². The van der Waals surface area contributed by atoms with Crippen LogP contribution in [-0.4, -0.2) is 67.2 Å². The summed E-state index contributed by atoms with van der Waals surface area (Å²) in [7, 11) is 4.13. The first-order valence-electron chi connectivity index (χ1n) is 13.3. The molecular weight excluding hydrogens is 528 g/mol. The van der Waals surface area contributed by atoms with Crippen molar-refractivity contribution in [2.45, 2.75) is 34.1 Å². The molecule has 8 nitrogen and oxygen atoms in total. The number of aromatic nitrogens is 2. The fourth-order valence-electron chi connectivity index (χ4n) is 4.11. The van der Waals surface area contributed by atoms with E-state index in [1.165, 1.54) is 0 Å². The number of nitrogens with zero attached hydrogens (tertiary/aromatic N) is 3. The molecule has 0 aliphatic rings. The third-order valence-electron chi connectivity index (χ3n) is 5.94. The van der Waals surface area contributed by atoms with Crippen LogP contribution >= 0.6 is 11.6 Å². The number of anilines is 1.